The molecule has 2 atom stereocenters. The maximum atomic E-state index is 12.7. The number of amides is 1. The Morgan fingerprint density at radius 2 is 1.24 bits per heavy atom. The van der Waals surface area contributed by atoms with E-state index in [1.54, 1.807) is 12.3 Å². The van der Waals surface area contributed by atoms with Gasteiger partial charge in [0.25, 0.3) is 0 Å². The quantitative estimate of drug-likeness (QED) is 0.0671. The van der Waals surface area contributed by atoms with Crippen LogP contribution in [-0.2, 0) is 45.4 Å². The summed E-state index contributed by atoms with van der Waals surface area (Å²) in [5.41, 5.74) is -1.70. The van der Waals surface area contributed by atoms with Gasteiger partial charge in [-0.3, -0.25) is 19.6 Å². The normalized spacial score (nSPS) is 13.8. The molecule has 6 rings (SSSR count). The van der Waals surface area contributed by atoms with Crippen molar-refractivity contribution in [3.05, 3.63) is 59.2 Å². The van der Waals surface area contributed by atoms with Crippen LogP contribution in [0.5, 0.6) is 17.4 Å². The van der Waals surface area contributed by atoms with Crippen molar-refractivity contribution >= 4 is 40.0 Å². The average Bonchev–Trinajstić information content (AvgIpc) is 3.98. The largest absolute Gasteiger partial charge is 0.534 e. The van der Waals surface area contributed by atoms with Crippen LogP contribution in [0.4, 0.5) is 19.0 Å². The minimum atomic E-state index is -5.84. The molecule has 0 spiro atoms. The fourth-order valence-corrected chi connectivity index (χ4v) is 7.51. The van der Waals surface area contributed by atoms with Crippen molar-refractivity contribution in [2.75, 3.05) is 66.4 Å². The molecule has 1 N–H and O–H groups in total. The van der Waals surface area contributed by atoms with Crippen molar-refractivity contribution < 1.29 is 44.8 Å². The van der Waals surface area contributed by atoms with E-state index in [9.17, 15) is 31.2 Å². The molecule has 2 aliphatic rings. The summed E-state index contributed by atoms with van der Waals surface area (Å²) >= 11 is 0. The molecular formula is C49H72ClF3N10O7S. The van der Waals surface area contributed by atoms with E-state index in [1.165, 1.54) is 12.3 Å². The monoisotopic (exact) mass is 1040 g/mol. The van der Waals surface area contributed by atoms with Gasteiger partial charge in [-0.2, -0.15) is 26.6 Å². The fourth-order valence-electron chi connectivity index (χ4n) is 7.07. The topological polar surface area (TPSA) is 195 Å². The second-order valence-electron chi connectivity index (χ2n) is 18.6. The highest BCUT2D eigenvalue weighted by Crippen LogP contribution is 2.35. The number of pyridine rings is 2. The molecule has 22 heteroatoms. The molecule has 0 bridgehead atoms. The van der Waals surface area contributed by atoms with Gasteiger partial charge < -0.3 is 33.7 Å². The first-order valence-electron chi connectivity index (χ1n) is 23.7. The van der Waals surface area contributed by atoms with Crippen LogP contribution < -0.4 is 23.9 Å². The predicted octanol–water partition coefficient (Wildman–Crippen LogP) is 7.58. The molecule has 0 saturated heterocycles. The fraction of sp³-hybridized carbons (Fsp3) is 0.592. The molecule has 4 heterocycles. The van der Waals surface area contributed by atoms with Crippen LogP contribution in [0.25, 0.3) is 23.0 Å². The smallest absolute Gasteiger partial charge is 0.492 e. The van der Waals surface area contributed by atoms with Gasteiger partial charge in [0.1, 0.15) is 41.9 Å². The molecule has 394 valence electrons. The molecule has 0 fully saturated rings. The van der Waals surface area contributed by atoms with E-state index >= 15 is 0 Å². The number of carbonyl (C=O) groups excluding carboxylic acids is 2. The first kappa shape index (κ1) is 60.1. The number of hydrogen-bond acceptors (Lipinski definition) is 16. The van der Waals surface area contributed by atoms with Crippen LogP contribution in [-0.4, -0.2) is 139 Å². The van der Waals surface area contributed by atoms with E-state index in [2.05, 4.69) is 48.2 Å². The molecule has 0 aromatic carbocycles. The van der Waals surface area contributed by atoms with Gasteiger partial charge >= 0.3 is 15.6 Å². The number of carbonyl (C=O) groups is 2. The van der Waals surface area contributed by atoms with Gasteiger partial charge in [0.15, 0.2) is 17.4 Å². The first-order valence-corrected chi connectivity index (χ1v) is 25.2. The van der Waals surface area contributed by atoms with E-state index in [1.807, 2.05) is 91.8 Å². The van der Waals surface area contributed by atoms with Gasteiger partial charge in [-0.1, -0.05) is 27.7 Å². The molecule has 0 saturated carbocycles. The number of ether oxygens (including phenoxy) is 2. The lowest BCUT2D eigenvalue weighted by Crippen LogP contribution is -2.37. The molecule has 0 radical (unpaired) electrons. The summed E-state index contributed by atoms with van der Waals surface area (Å²) in [6, 6.07) is 6.94. The molecule has 1 amide bonds. The lowest BCUT2D eigenvalue weighted by atomic mass is 10.0. The van der Waals surface area contributed by atoms with E-state index in [-0.39, 0.29) is 59.2 Å². The van der Waals surface area contributed by atoms with E-state index in [0.717, 1.165) is 55.1 Å². The highest BCUT2D eigenvalue weighted by atomic mass is 35.5. The molecule has 71 heavy (non-hydrogen) atoms. The van der Waals surface area contributed by atoms with Gasteiger partial charge in [0.05, 0.1) is 11.7 Å². The zero-order valence-corrected chi connectivity index (χ0v) is 44.7. The van der Waals surface area contributed by atoms with Gasteiger partial charge in [-0.15, -0.1) is 12.4 Å². The van der Waals surface area contributed by atoms with Crippen LogP contribution >= 0.6 is 12.4 Å². The van der Waals surface area contributed by atoms with Crippen molar-refractivity contribution in [3.8, 4) is 40.4 Å². The molecule has 0 aliphatic heterocycles. The number of fused-ring (bicyclic) bond motifs is 2. The number of nitrogens with one attached hydrogen (secondary N) is 1. The number of ketones is 1. The number of aryl methyl sites for hydroxylation is 2. The number of nitrogens with zero attached hydrogens (tertiary/aromatic N) is 9. The summed E-state index contributed by atoms with van der Waals surface area (Å²) in [7, 11) is 3.96. The van der Waals surface area contributed by atoms with Crippen LogP contribution in [0.3, 0.4) is 0 Å². The minimum Gasteiger partial charge on any atom is -0.492 e. The minimum absolute atomic E-state index is 0. The summed E-state index contributed by atoms with van der Waals surface area (Å²) in [6.07, 6.45) is 9.02. The summed E-state index contributed by atoms with van der Waals surface area (Å²) in [6.45, 7) is 16.6. The van der Waals surface area contributed by atoms with Crippen molar-refractivity contribution in [2.24, 2.45) is 11.8 Å². The highest BCUT2D eigenvalue weighted by molar-refractivity contribution is 7.88. The molecule has 2 aliphatic carbocycles. The third kappa shape index (κ3) is 18.1. The van der Waals surface area contributed by atoms with Crippen LogP contribution in [0.15, 0.2) is 36.7 Å². The van der Waals surface area contributed by atoms with E-state index in [0.29, 0.717) is 74.3 Å². The van der Waals surface area contributed by atoms with Crippen molar-refractivity contribution in [3.63, 3.8) is 0 Å². The molecule has 4 aromatic heterocycles. The number of aromatic nitrogens is 6. The number of anilines is 1. The summed E-state index contributed by atoms with van der Waals surface area (Å²) < 4.78 is 76.9. The average molecular weight is 1040 g/mol. The Hall–Kier alpha value is -5.25. The second-order valence-corrected chi connectivity index (χ2v) is 20.2. The number of likely N-dealkylation sites (N-methyl/N-ethyl adjacent to an activating group) is 3. The van der Waals surface area contributed by atoms with E-state index < -0.39 is 21.5 Å². The maximum Gasteiger partial charge on any atom is 0.534 e. The third-order valence-corrected chi connectivity index (χ3v) is 12.2. The van der Waals surface area contributed by atoms with Crippen molar-refractivity contribution in [1.82, 2.24) is 45.0 Å². The Labute approximate surface area is 423 Å². The first-order chi connectivity index (χ1) is 32.9. The van der Waals surface area contributed by atoms with Crippen LogP contribution in [0.2, 0.25) is 0 Å². The van der Waals surface area contributed by atoms with Gasteiger partial charge in [-0.05, 0) is 112 Å². The van der Waals surface area contributed by atoms with Crippen molar-refractivity contribution in [2.45, 2.75) is 117 Å². The molecule has 0 unspecified atom stereocenters. The molecule has 4 aromatic rings. The summed E-state index contributed by atoms with van der Waals surface area (Å²) in [5.74, 6) is 2.93. The number of rotatable bonds is 20. The Morgan fingerprint density at radius 3 is 1.70 bits per heavy atom. The standard InChI is InChI=1S/C24H35N5O2.C17H19F3N4O4S.C8H17NO.ClH/c1-16(2)14-22(30)17(3)29(6)24-19-8-7-9-20(19)26-23(27-24)21-15-18(10-11-25-21)31-13-12-28(4)5;1-24(2)8-9-27-11-6-7-21-14(10-11)15-22-13-5-3-4-12(13)16(23-15)28-29(25,26)17(18,19)20;1-5-7(4)8(10)9-6(2)3;/h10-11,15-17H,7-9,12-14H2,1-6H3;6-7,10H,3-5,8-9H2,1-2H3;6-7H,5H2,1-4H3,(H,9,10);1H/t17-;;7-;/m1.0./s1. The molecular weight excluding hydrogens is 965 g/mol. The lowest BCUT2D eigenvalue weighted by molar-refractivity contribution is -0.125. The number of halogens is 4. The number of hydrogen-bond donors (Lipinski definition) is 1. The Morgan fingerprint density at radius 1 is 0.746 bits per heavy atom. The van der Waals surface area contributed by atoms with Crippen LogP contribution in [0, 0.1) is 11.8 Å². The summed E-state index contributed by atoms with van der Waals surface area (Å²) in [4.78, 5) is 56.4. The zero-order valence-electron chi connectivity index (χ0n) is 43.1. The van der Waals surface area contributed by atoms with Gasteiger partial charge in [0.2, 0.25) is 11.8 Å². The Bertz CT molecular complexity index is 2480. The van der Waals surface area contributed by atoms with Crippen LogP contribution in [0.1, 0.15) is 96.7 Å². The second kappa shape index (κ2) is 27.5. The number of alkyl halides is 3. The lowest BCUT2D eigenvalue weighted by Gasteiger charge is -2.27. The SMILES string of the molecule is CC(C)CC(=O)[C@@H](C)N(C)c1nc(-c2cc(OCCN(C)C)ccn2)nc2c1CCC2.CC[C@H](C)C(=O)NC(C)C.CN(C)CCOc1ccnc(-c2nc3c(c(OS(=O)(=O)C(F)(F)F)n2)CCC3)c1.Cl. The molecule has 17 nitrogen and oxygen atoms in total. The predicted molar refractivity (Wildman–Crippen MR) is 271 cm³/mol. The van der Waals surface area contributed by atoms with Crippen molar-refractivity contribution in [1.29, 1.82) is 0 Å². The van der Waals surface area contributed by atoms with Gasteiger partial charge in [-0.25, -0.2) is 15.0 Å². The zero-order chi connectivity index (χ0) is 51.9. The van der Waals surface area contributed by atoms with E-state index in [4.69, 9.17) is 19.4 Å². The highest BCUT2D eigenvalue weighted by Gasteiger charge is 2.49. The summed E-state index contributed by atoms with van der Waals surface area (Å²) in [5, 5.41) is 2.85. The maximum absolute atomic E-state index is 12.7. The van der Waals surface area contributed by atoms with Gasteiger partial charge in [0, 0.05) is 79.9 Å². The Kier molecular flexibility index (Phi) is 23.3. The third-order valence-electron chi connectivity index (χ3n) is 11.3. The Balaban J connectivity index is 0.000000312. The number of Topliss-reactive ketones (excluding diaryl/α,β-unsaturated/α-hetero) is 1.